The van der Waals surface area contributed by atoms with E-state index in [1.165, 1.54) is 0 Å². The topological polar surface area (TPSA) is 56.6 Å². The van der Waals surface area contributed by atoms with Gasteiger partial charge in [0.1, 0.15) is 0 Å². The molecule has 2 aliphatic rings. The lowest BCUT2D eigenvalue weighted by molar-refractivity contribution is -0.137. The van der Waals surface area contributed by atoms with Crippen molar-refractivity contribution in [2.45, 2.75) is 44.8 Å². The van der Waals surface area contributed by atoms with Crippen LogP contribution < -0.4 is 0 Å². The number of carbonyl (C=O) groups is 1. The van der Waals surface area contributed by atoms with Crippen LogP contribution in [0.25, 0.3) is 0 Å². The molecular formula is C16H25N3O3. The molecule has 1 fully saturated rings. The van der Waals surface area contributed by atoms with Crippen molar-refractivity contribution in [3.8, 4) is 0 Å². The molecule has 0 unspecified atom stereocenters. The molecule has 3 heterocycles. The molecular weight excluding hydrogens is 282 g/mol. The Labute approximate surface area is 131 Å². The second-order valence-corrected chi connectivity index (χ2v) is 6.23. The molecule has 2 aliphatic heterocycles. The summed E-state index contributed by atoms with van der Waals surface area (Å²) >= 11 is 0. The van der Waals surface area contributed by atoms with Crippen molar-refractivity contribution in [3.05, 3.63) is 18.0 Å². The van der Waals surface area contributed by atoms with E-state index in [9.17, 15) is 4.79 Å². The normalized spacial score (nSPS) is 23.1. The minimum absolute atomic E-state index is 0.138. The Morgan fingerprint density at radius 1 is 1.41 bits per heavy atom. The number of carbonyl (C=O) groups excluding carboxylic acids is 1. The van der Waals surface area contributed by atoms with Gasteiger partial charge in [0, 0.05) is 39.5 Å². The van der Waals surface area contributed by atoms with Crippen molar-refractivity contribution in [1.82, 2.24) is 14.7 Å². The van der Waals surface area contributed by atoms with E-state index in [2.05, 4.69) is 5.10 Å². The van der Waals surface area contributed by atoms with E-state index < -0.39 is 0 Å². The molecule has 3 rings (SSSR count). The number of nitrogens with zero attached hydrogens (tertiary/aromatic N) is 3. The quantitative estimate of drug-likeness (QED) is 0.845. The third-order valence-electron chi connectivity index (χ3n) is 4.74. The van der Waals surface area contributed by atoms with Crippen LogP contribution in [-0.4, -0.2) is 53.6 Å². The van der Waals surface area contributed by atoms with Gasteiger partial charge >= 0.3 is 0 Å². The van der Waals surface area contributed by atoms with Gasteiger partial charge in [0.2, 0.25) is 5.91 Å². The summed E-state index contributed by atoms with van der Waals surface area (Å²) in [5.74, 6) is 0.696. The molecule has 6 nitrogen and oxygen atoms in total. The molecule has 0 saturated carbocycles. The number of fused-ring (bicyclic) bond motifs is 1. The summed E-state index contributed by atoms with van der Waals surface area (Å²) in [6, 6.07) is 2.14. The molecule has 0 spiro atoms. The van der Waals surface area contributed by atoms with Crippen LogP contribution in [0, 0.1) is 5.92 Å². The van der Waals surface area contributed by atoms with E-state index in [0.717, 1.165) is 44.7 Å². The monoisotopic (exact) mass is 307 g/mol. The molecule has 1 amide bonds. The van der Waals surface area contributed by atoms with Crippen LogP contribution in [-0.2, 0) is 27.4 Å². The first-order chi connectivity index (χ1) is 10.8. The van der Waals surface area contributed by atoms with Crippen LogP contribution in [0.15, 0.2) is 12.3 Å². The Hall–Kier alpha value is -1.40. The number of hydrogen-bond acceptors (Lipinski definition) is 4. The van der Waals surface area contributed by atoms with Crippen LogP contribution in [0.3, 0.4) is 0 Å². The van der Waals surface area contributed by atoms with Crippen molar-refractivity contribution in [3.63, 3.8) is 0 Å². The fraction of sp³-hybridized carbons (Fsp3) is 0.750. The smallest absolute Gasteiger partial charge is 0.223 e. The number of amides is 1. The molecule has 0 bridgehead atoms. The maximum absolute atomic E-state index is 12.8. The molecule has 0 radical (unpaired) electrons. The zero-order valence-electron chi connectivity index (χ0n) is 13.2. The second-order valence-electron chi connectivity index (χ2n) is 6.23. The molecule has 1 aromatic rings. The number of aryl methyl sites for hydroxylation is 1. The van der Waals surface area contributed by atoms with Crippen LogP contribution in [0.2, 0.25) is 0 Å². The summed E-state index contributed by atoms with van der Waals surface area (Å²) in [5.41, 5.74) is 1.11. The number of methoxy groups -OCH3 is 1. The summed E-state index contributed by atoms with van der Waals surface area (Å²) in [6.45, 7) is 3.64. The predicted molar refractivity (Wildman–Crippen MR) is 81.2 cm³/mol. The van der Waals surface area contributed by atoms with Crippen molar-refractivity contribution in [2.24, 2.45) is 5.92 Å². The summed E-state index contributed by atoms with van der Waals surface area (Å²) in [4.78, 5) is 14.8. The Morgan fingerprint density at radius 2 is 2.23 bits per heavy atom. The molecule has 0 N–H and O–H groups in total. The standard InChI is InChI=1S/C16H25N3O3/c1-21-12-15-3-7-19-14(2-6-17-19)11-18(15)16(20)10-13-4-8-22-9-5-13/h2,6,13,15H,3-5,7-12H2,1H3/t15-/m1/s1. The Kier molecular flexibility index (Phi) is 5.10. The molecule has 6 heteroatoms. The molecule has 1 aromatic heterocycles. The van der Waals surface area contributed by atoms with Crippen LogP contribution in [0.5, 0.6) is 0 Å². The minimum Gasteiger partial charge on any atom is -0.383 e. The Bertz CT molecular complexity index is 497. The summed E-state index contributed by atoms with van der Waals surface area (Å²) in [7, 11) is 1.70. The largest absolute Gasteiger partial charge is 0.383 e. The molecule has 1 saturated heterocycles. The maximum Gasteiger partial charge on any atom is 0.223 e. The van der Waals surface area contributed by atoms with Gasteiger partial charge in [-0.25, -0.2) is 0 Å². The predicted octanol–water partition coefficient (Wildman–Crippen LogP) is 1.45. The average molecular weight is 307 g/mol. The summed E-state index contributed by atoms with van der Waals surface area (Å²) < 4.78 is 12.7. The zero-order chi connectivity index (χ0) is 15.4. The Morgan fingerprint density at radius 3 is 3.00 bits per heavy atom. The first-order valence-electron chi connectivity index (χ1n) is 8.14. The van der Waals surface area contributed by atoms with E-state index in [0.29, 0.717) is 25.5 Å². The zero-order valence-corrected chi connectivity index (χ0v) is 13.2. The summed E-state index contributed by atoms with van der Waals surface area (Å²) in [6.07, 6.45) is 5.31. The highest BCUT2D eigenvalue weighted by atomic mass is 16.5. The van der Waals surface area contributed by atoms with Crippen LogP contribution in [0.4, 0.5) is 0 Å². The van der Waals surface area contributed by atoms with Gasteiger partial charge in [0.15, 0.2) is 0 Å². The van der Waals surface area contributed by atoms with Crippen molar-refractivity contribution < 1.29 is 14.3 Å². The van der Waals surface area contributed by atoms with Gasteiger partial charge in [-0.15, -0.1) is 0 Å². The fourth-order valence-corrected chi connectivity index (χ4v) is 3.40. The van der Waals surface area contributed by atoms with Crippen LogP contribution in [0.1, 0.15) is 31.4 Å². The first-order valence-corrected chi connectivity index (χ1v) is 8.14. The van der Waals surface area contributed by atoms with Crippen molar-refractivity contribution in [1.29, 1.82) is 0 Å². The summed E-state index contributed by atoms with van der Waals surface area (Å²) in [5, 5.41) is 4.34. The van der Waals surface area contributed by atoms with Crippen molar-refractivity contribution in [2.75, 3.05) is 26.9 Å². The fourth-order valence-electron chi connectivity index (χ4n) is 3.40. The molecule has 122 valence electrons. The Balaban J connectivity index is 1.70. The van der Waals surface area contributed by atoms with Gasteiger partial charge in [-0.1, -0.05) is 0 Å². The highest BCUT2D eigenvalue weighted by Gasteiger charge is 2.29. The molecule has 0 aliphatic carbocycles. The van der Waals surface area contributed by atoms with Gasteiger partial charge in [-0.3, -0.25) is 9.48 Å². The molecule has 22 heavy (non-hydrogen) atoms. The van der Waals surface area contributed by atoms with E-state index in [1.54, 1.807) is 7.11 Å². The van der Waals surface area contributed by atoms with Gasteiger partial charge in [-0.05, 0) is 31.2 Å². The molecule has 0 aromatic carbocycles. The van der Waals surface area contributed by atoms with E-state index in [1.807, 2.05) is 21.8 Å². The van der Waals surface area contributed by atoms with E-state index in [-0.39, 0.29) is 11.9 Å². The van der Waals surface area contributed by atoms with Crippen LogP contribution >= 0.6 is 0 Å². The highest BCUT2D eigenvalue weighted by Crippen LogP contribution is 2.23. The lowest BCUT2D eigenvalue weighted by atomic mass is 9.95. The van der Waals surface area contributed by atoms with Gasteiger partial charge in [-0.2, -0.15) is 5.10 Å². The molecule has 1 atom stereocenters. The average Bonchev–Trinajstić information content (AvgIpc) is 2.90. The van der Waals surface area contributed by atoms with Gasteiger partial charge in [0.25, 0.3) is 0 Å². The number of rotatable bonds is 4. The number of aromatic nitrogens is 2. The van der Waals surface area contributed by atoms with Gasteiger partial charge < -0.3 is 14.4 Å². The third kappa shape index (κ3) is 3.50. The van der Waals surface area contributed by atoms with E-state index >= 15 is 0 Å². The highest BCUT2D eigenvalue weighted by molar-refractivity contribution is 5.76. The first kappa shape index (κ1) is 15.5. The second kappa shape index (κ2) is 7.24. The lowest BCUT2D eigenvalue weighted by Crippen LogP contribution is -2.42. The number of hydrogen-bond donors (Lipinski definition) is 0. The maximum atomic E-state index is 12.8. The minimum atomic E-state index is 0.138. The van der Waals surface area contributed by atoms with Gasteiger partial charge in [0.05, 0.1) is 24.9 Å². The van der Waals surface area contributed by atoms with Crippen molar-refractivity contribution >= 4 is 5.91 Å². The van der Waals surface area contributed by atoms with E-state index in [4.69, 9.17) is 9.47 Å². The number of ether oxygens (including phenoxy) is 2. The SMILES string of the molecule is COC[C@H]1CCn2nccc2CN1C(=O)CC1CCOCC1. The lowest BCUT2D eigenvalue weighted by Gasteiger charge is -2.31. The third-order valence-corrected chi connectivity index (χ3v) is 4.74.